The molecule has 1 fully saturated rings. The first-order chi connectivity index (χ1) is 9.41. The molecule has 1 aliphatic heterocycles. The summed E-state index contributed by atoms with van der Waals surface area (Å²) in [6.07, 6.45) is -0.509. The number of sulfone groups is 1. The van der Waals surface area contributed by atoms with Crippen molar-refractivity contribution in [2.75, 3.05) is 24.7 Å². The maximum atomic E-state index is 12.0. The molecular weight excluding hydrogens is 348 g/mol. The zero-order chi connectivity index (χ0) is 14.8. The van der Waals surface area contributed by atoms with E-state index in [0.717, 1.165) is 4.47 Å². The Kier molecular flexibility index (Phi) is 4.86. The van der Waals surface area contributed by atoms with Crippen LogP contribution in [0.5, 0.6) is 0 Å². The number of rotatable bonds is 5. The normalized spacial score (nSPS) is 26.9. The van der Waals surface area contributed by atoms with Gasteiger partial charge in [0.05, 0.1) is 13.2 Å². The molecule has 5 nitrogen and oxygen atoms in total. The SMILES string of the molecule is CCS(=O)(=O)C[C@@]1(c2ccc(Br)cc2)OC[C@@H](CO)O1. The van der Waals surface area contributed by atoms with Gasteiger partial charge in [-0.3, -0.25) is 0 Å². The summed E-state index contributed by atoms with van der Waals surface area (Å²) in [5, 5.41) is 9.18. The Morgan fingerprint density at radius 2 is 2.05 bits per heavy atom. The molecule has 0 radical (unpaired) electrons. The third-order valence-electron chi connectivity index (χ3n) is 3.20. The zero-order valence-electron chi connectivity index (χ0n) is 11.1. The Morgan fingerprint density at radius 1 is 1.40 bits per heavy atom. The maximum Gasteiger partial charge on any atom is 0.209 e. The highest BCUT2D eigenvalue weighted by Crippen LogP contribution is 2.36. The average Bonchev–Trinajstić information content (AvgIpc) is 2.83. The first-order valence-corrected chi connectivity index (χ1v) is 8.91. The van der Waals surface area contributed by atoms with Gasteiger partial charge in [0.15, 0.2) is 9.84 Å². The minimum atomic E-state index is -3.29. The summed E-state index contributed by atoms with van der Waals surface area (Å²) in [4.78, 5) is 0. The van der Waals surface area contributed by atoms with Crippen LogP contribution in [0.25, 0.3) is 0 Å². The minimum absolute atomic E-state index is 0.0157. The molecule has 2 atom stereocenters. The van der Waals surface area contributed by atoms with Gasteiger partial charge in [0.1, 0.15) is 11.9 Å². The Bertz CT molecular complexity index is 557. The van der Waals surface area contributed by atoms with Gasteiger partial charge < -0.3 is 14.6 Å². The monoisotopic (exact) mass is 364 g/mol. The fourth-order valence-corrected chi connectivity index (χ4v) is 3.43. The van der Waals surface area contributed by atoms with Gasteiger partial charge in [-0.15, -0.1) is 0 Å². The fourth-order valence-electron chi connectivity index (χ4n) is 2.06. The van der Waals surface area contributed by atoms with E-state index >= 15 is 0 Å². The minimum Gasteiger partial charge on any atom is -0.394 e. The molecule has 1 saturated heterocycles. The molecular formula is C13H17BrO5S. The molecule has 0 unspecified atom stereocenters. The maximum absolute atomic E-state index is 12.0. The summed E-state index contributed by atoms with van der Waals surface area (Å²) in [7, 11) is -3.29. The van der Waals surface area contributed by atoms with Crippen molar-refractivity contribution >= 4 is 25.8 Å². The third-order valence-corrected chi connectivity index (χ3v) is 5.43. The number of benzene rings is 1. The van der Waals surface area contributed by atoms with E-state index in [0.29, 0.717) is 5.56 Å². The molecule has 0 spiro atoms. The number of aliphatic hydroxyl groups excluding tert-OH is 1. The van der Waals surface area contributed by atoms with Gasteiger partial charge in [0, 0.05) is 15.8 Å². The van der Waals surface area contributed by atoms with Crippen LogP contribution in [-0.4, -0.2) is 44.3 Å². The second-order valence-electron chi connectivity index (χ2n) is 4.67. The summed E-state index contributed by atoms with van der Waals surface area (Å²) in [6, 6.07) is 7.12. The largest absolute Gasteiger partial charge is 0.394 e. The van der Waals surface area contributed by atoms with E-state index in [4.69, 9.17) is 9.47 Å². The van der Waals surface area contributed by atoms with E-state index in [1.54, 1.807) is 31.2 Å². The smallest absolute Gasteiger partial charge is 0.209 e. The van der Waals surface area contributed by atoms with Gasteiger partial charge in [-0.2, -0.15) is 0 Å². The number of halogens is 1. The quantitative estimate of drug-likeness (QED) is 0.855. The standard InChI is InChI=1S/C13H17BrO5S/c1-2-20(16,17)9-13(18-8-12(7-15)19-13)10-3-5-11(14)6-4-10/h3-6,12,15H,2,7-9H2,1H3/t12-,13-/m1/s1. The zero-order valence-corrected chi connectivity index (χ0v) is 13.5. The van der Waals surface area contributed by atoms with Gasteiger partial charge >= 0.3 is 0 Å². The predicted octanol–water partition coefficient (Wildman–Crippen LogP) is 1.44. The Labute approximate surface area is 126 Å². The van der Waals surface area contributed by atoms with Crippen LogP contribution in [-0.2, 0) is 25.1 Å². The number of hydrogen-bond donors (Lipinski definition) is 1. The van der Waals surface area contributed by atoms with Crippen molar-refractivity contribution in [3.63, 3.8) is 0 Å². The molecule has 1 aromatic carbocycles. The Morgan fingerprint density at radius 3 is 2.55 bits per heavy atom. The first-order valence-electron chi connectivity index (χ1n) is 6.30. The van der Waals surface area contributed by atoms with E-state index in [1.807, 2.05) is 0 Å². The molecule has 20 heavy (non-hydrogen) atoms. The van der Waals surface area contributed by atoms with Crippen molar-refractivity contribution in [2.24, 2.45) is 0 Å². The van der Waals surface area contributed by atoms with Crippen LogP contribution in [0.3, 0.4) is 0 Å². The van der Waals surface area contributed by atoms with Crippen molar-refractivity contribution in [3.8, 4) is 0 Å². The fraction of sp³-hybridized carbons (Fsp3) is 0.538. The van der Waals surface area contributed by atoms with Gasteiger partial charge in [0.25, 0.3) is 0 Å². The van der Waals surface area contributed by atoms with Crippen molar-refractivity contribution in [3.05, 3.63) is 34.3 Å². The highest BCUT2D eigenvalue weighted by Gasteiger charge is 2.46. The molecule has 0 bridgehead atoms. The van der Waals surface area contributed by atoms with Gasteiger partial charge in [-0.1, -0.05) is 35.0 Å². The molecule has 2 rings (SSSR count). The molecule has 0 aromatic heterocycles. The first kappa shape index (κ1) is 15.9. The van der Waals surface area contributed by atoms with Crippen LogP contribution in [0.4, 0.5) is 0 Å². The van der Waals surface area contributed by atoms with E-state index in [2.05, 4.69) is 15.9 Å². The van der Waals surface area contributed by atoms with Crippen LogP contribution < -0.4 is 0 Å². The summed E-state index contributed by atoms with van der Waals surface area (Å²) < 4.78 is 36.1. The predicted molar refractivity (Wildman–Crippen MR) is 78.1 cm³/mol. The lowest BCUT2D eigenvalue weighted by molar-refractivity contribution is -0.162. The van der Waals surface area contributed by atoms with Gasteiger partial charge in [-0.25, -0.2) is 8.42 Å². The number of ether oxygens (including phenoxy) is 2. The molecule has 1 aliphatic rings. The topological polar surface area (TPSA) is 72.8 Å². The van der Waals surface area contributed by atoms with Gasteiger partial charge in [0.2, 0.25) is 5.79 Å². The van der Waals surface area contributed by atoms with Crippen molar-refractivity contribution in [2.45, 2.75) is 18.8 Å². The second-order valence-corrected chi connectivity index (χ2v) is 7.94. The third kappa shape index (κ3) is 3.40. The van der Waals surface area contributed by atoms with Crippen LogP contribution in [0, 0.1) is 0 Å². The summed E-state index contributed by atoms with van der Waals surface area (Å²) in [5.74, 6) is -1.57. The van der Waals surface area contributed by atoms with Crippen molar-refractivity contribution < 1.29 is 23.0 Å². The molecule has 7 heteroatoms. The molecule has 0 saturated carbocycles. The lowest BCUT2D eigenvalue weighted by Crippen LogP contribution is -2.37. The average molecular weight is 365 g/mol. The van der Waals surface area contributed by atoms with E-state index in [-0.39, 0.29) is 24.7 Å². The number of aliphatic hydroxyl groups is 1. The van der Waals surface area contributed by atoms with Gasteiger partial charge in [-0.05, 0) is 12.1 Å². The Balaban J connectivity index is 2.37. The van der Waals surface area contributed by atoms with Crippen LogP contribution >= 0.6 is 15.9 Å². The molecule has 1 aromatic rings. The van der Waals surface area contributed by atoms with Crippen molar-refractivity contribution in [1.29, 1.82) is 0 Å². The summed E-state index contributed by atoms with van der Waals surface area (Å²) in [5.41, 5.74) is 0.633. The molecule has 1 N–H and O–H groups in total. The van der Waals surface area contributed by atoms with E-state index in [9.17, 15) is 13.5 Å². The summed E-state index contributed by atoms with van der Waals surface area (Å²) in [6.45, 7) is 1.55. The Hall–Kier alpha value is -0.470. The summed E-state index contributed by atoms with van der Waals surface area (Å²) >= 11 is 3.33. The highest BCUT2D eigenvalue weighted by atomic mass is 79.9. The second kappa shape index (κ2) is 6.11. The molecule has 0 amide bonds. The van der Waals surface area contributed by atoms with Crippen LogP contribution in [0.2, 0.25) is 0 Å². The number of hydrogen-bond acceptors (Lipinski definition) is 5. The molecule has 112 valence electrons. The van der Waals surface area contributed by atoms with Crippen LogP contribution in [0.1, 0.15) is 12.5 Å². The van der Waals surface area contributed by atoms with Crippen LogP contribution in [0.15, 0.2) is 28.7 Å². The highest BCUT2D eigenvalue weighted by molar-refractivity contribution is 9.10. The lowest BCUT2D eigenvalue weighted by atomic mass is 10.1. The van der Waals surface area contributed by atoms with E-state index in [1.165, 1.54) is 0 Å². The molecule has 1 heterocycles. The lowest BCUT2D eigenvalue weighted by Gasteiger charge is -2.28. The van der Waals surface area contributed by atoms with Crippen molar-refractivity contribution in [1.82, 2.24) is 0 Å². The van der Waals surface area contributed by atoms with E-state index < -0.39 is 21.7 Å². The molecule has 0 aliphatic carbocycles.